The van der Waals surface area contributed by atoms with Gasteiger partial charge in [0.2, 0.25) is 0 Å². The van der Waals surface area contributed by atoms with Crippen LogP contribution < -0.4 is 5.32 Å². The normalized spacial score (nSPS) is 37.6. The maximum atomic E-state index is 12.8. The van der Waals surface area contributed by atoms with Gasteiger partial charge >= 0.3 is 5.97 Å². The van der Waals surface area contributed by atoms with E-state index in [1.165, 1.54) is 32.1 Å². The second-order valence-electron chi connectivity index (χ2n) is 13.7. The number of allylic oxidation sites excluding steroid dienone is 1. The number of nitrogens with zero attached hydrogens (tertiary/aromatic N) is 2. The van der Waals surface area contributed by atoms with Gasteiger partial charge in [-0.3, -0.25) is 4.79 Å². The van der Waals surface area contributed by atoms with Crippen LogP contribution in [-0.4, -0.2) is 61.8 Å². The lowest BCUT2D eigenvalue weighted by Crippen LogP contribution is -2.50. The molecule has 38 heavy (non-hydrogen) atoms. The van der Waals surface area contributed by atoms with Crippen molar-refractivity contribution in [3.63, 3.8) is 0 Å². The summed E-state index contributed by atoms with van der Waals surface area (Å²) in [4.78, 5) is 19.4. The van der Waals surface area contributed by atoms with Crippen LogP contribution >= 0.6 is 0 Å². The molecule has 0 radical (unpaired) electrons. The third-order valence-corrected chi connectivity index (χ3v) is 11.2. The average Bonchev–Trinajstić information content (AvgIpc) is 3.23. The van der Waals surface area contributed by atoms with Crippen LogP contribution in [0.25, 0.3) is 0 Å². The predicted molar refractivity (Wildman–Crippen MR) is 155 cm³/mol. The van der Waals surface area contributed by atoms with Crippen LogP contribution in [0.5, 0.6) is 0 Å². The number of esters is 1. The van der Waals surface area contributed by atoms with Crippen LogP contribution in [0.4, 0.5) is 0 Å². The number of fused-ring (bicyclic) bond motifs is 5. The van der Waals surface area contributed by atoms with Crippen LogP contribution in [0.1, 0.15) is 98.3 Å². The van der Waals surface area contributed by atoms with Gasteiger partial charge in [-0.2, -0.15) is 0 Å². The van der Waals surface area contributed by atoms with Crippen LogP contribution in [-0.2, 0) is 9.53 Å². The molecule has 0 heterocycles. The van der Waals surface area contributed by atoms with Crippen LogP contribution in [0.3, 0.4) is 0 Å². The topological polar surface area (TPSA) is 74.2 Å². The zero-order valence-corrected chi connectivity index (χ0v) is 25.1. The van der Waals surface area contributed by atoms with Gasteiger partial charge in [-0.15, -0.1) is 0 Å². The molecule has 3 saturated carbocycles. The van der Waals surface area contributed by atoms with Gasteiger partial charge in [0, 0.05) is 19.5 Å². The summed E-state index contributed by atoms with van der Waals surface area (Å²) in [7, 11) is 4.11. The number of rotatable bonds is 9. The molecule has 3 fully saturated rings. The van der Waals surface area contributed by atoms with Gasteiger partial charge in [0.25, 0.3) is 6.02 Å². The number of aliphatic hydroxyl groups excluding tert-OH is 1. The van der Waals surface area contributed by atoms with Crippen molar-refractivity contribution in [3.05, 3.63) is 11.6 Å². The Kier molecular flexibility index (Phi) is 9.66. The number of amidine groups is 1. The summed E-state index contributed by atoms with van der Waals surface area (Å²) in [5.74, 6) is 3.39. The lowest BCUT2D eigenvalue weighted by atomic mass is 9.47. The van der Waals surface area contributed by atoms with E-state index in [2.05, 4.69) is 56.2 Å². The number of carbonyl (C=O) groups is 1. The standard InChI is InChI=1S/C32H55N3O3/c1-7-33-30(34-19-8-20-35(5)6)38-29(37)14-9-22(2)26-12-13-27-25-11-10-23-21-24(36)15-17-31(23,3)28(25)16-18-32(26,27)4/h10,22,24-28,36H,7-9,11-21H2,1-6H3,(H,33,34)/t22?,24-,25-,26+,27-,28-,31-,32+/m0/s1. The van der Waals surface area contributed by atoms with Gasteiger partial charge in [0.15, 0.2) is 0 Å². The Hall–Kier alpha value is -1.40. The molecular weight excluding hydrogens is 474 g/mol. The van der Waals surface area contributed by atoms with Crippen molar-refractivity contribution in [1.82, 2.24) is 10.2 Å². The molecule has 0 aliphatic heterocycles. The Morgan fingerprint density at radius 1 is 1.21 bits per heavy atom. The Morgan fingerprint density at radius 2 is 2.00 bits per heavy atom. The molecule has 0 spiro atoms. The molecule has 0 aromatic rings. The van der Waals surface area contributed by atoms with Gasteiger partial charge in [-0.1, -0.05) is 32.4 Å². The molecule has 6 heteroatoms. The number of aliphatic hydroxyl groups is 1. The zero-order chi connectivity index (χ0) is 27.5. The highest BCUT2D eigenvalue weighted by molar-refractivity contribution is 5.87. The number of carbonyl (C=O) groups excluding carboxylic acids is 1. The quantitative estimate of drug-likeness (QED) is 0.130. The Morgan fingerprint density at radius 3 is 2.74 bits per heavy atom. The average molecular weight is 530 g/mol. The second kappa shape index (κ2) is 12.4. The van der Waals surface area contributed by atoms with Crippen LogP contribution in [0, 0.1) is 40.4 Å². The van der Waals surface area contributed by atoms with E-state index in [0.717, 1.165) is 56.4 Å². The fourth-order valence-electron chi connectivity index (χ4n) is 9.17. The monoisotopic (exact) mass is 529 g/mol. The molecule has 1 unspecified atom stereocenters. The molecule has 0 bridgehead atoms. The SMILES string of the molecule is CCN/C(=N/CCCN(C)C)OC(=O)CCC(C)[C@H]1CC[C@H]2[C@@H]3CC=C4C[C@@H](O)CC[C@]4(C)[C@H]3CC[C@]12C. The van der Waals surface area contributed by atoms with Crippen molar-refractivity contribution < 1.29 is 14.6 Å². The summed E-state index contributed by atoms with van der Waals surface area (Å²) in [5.41, 5.74) is 2.24. The van der Waals surface area contributed by atoms with Crippen molar-refractivity contribution in [2.45, 2.75) is 104 Å². The number of nitrogens with one attached hydrogen (secondary N) is 1. The molecule has 4 rings (SSSR count). The summed E-state index contributed by atoms with van der Waals surface area (Å²) in [6.45, 7) is 11.8. The van der Waals surface area contributed by atoms with Gasteiger partial charge < -0.3 is 20.1 Å². The van der Waals surface area contributed by atoms with E-state index in [1.807, 2.05) is 6.92 Å². The van der Waals surface area contributed by atoms with Gasteiger partial charge in [0.1, 0.15) is 0 Å². The number of ether oxygens (including phenoxy) is 1. The Balaban J connectivity index is 1.33. The zero-order valence-electron chi connectivity index (χ0n) is 25.1. The molecule has 0 aromatic carbocycles. The number of hydrogen-bond acceptors (Lipinski definition) is 5. The minimum atomic E-state index is -0.162. The molecule has 0 aromatic heterocycles. The van der Waals surface area contributed by atoms with E-state index >= 15 is 0 Å². The fraction of sp³-hybridized carbons (Fsp3) is 0.875. The van der Waals surface area contributed by atoms with E-state index in [9.17, 15) is 9.90 Å². The van der Waals surface area contributed by atoms with E-state index in [4.69, 9.17) is 4.74 Å². The molecule has 0 amide bonds. The molecule has 8 atom stereocenters. The molecule has 216 valence electrons. The molecule has 4 aliphatic carbocycles. The molecule has 0 saturated heterocycles. The highest BCUT2D eigenvalue weighted by atomic mass is 16.6. The number of aliphatic imine (C=N–C) groups is 1. The second-order valence-corrected chi connectivity index (χ2v) is 13.7. The van der Waals surface area contributed by atoms with Gasteiger partial charge in [0.05, 0.1) is 6.10 Å². The van der Waals surface area contributed by atoms with E-state index in [0.29, 0.717) is 48.2 Å². The van der Waals surface area contributed by atoms with E-state index in [1.54, 1.807) is 5.57 Å². The summed E-state index contributed by atoms with van der Waals surface area (Å²) < 4.78 is 5.64. The summed E-state index contributed by atoms with van der Waals surface area (Å²) >= 11 is 0. The first-order chi connectivity index (χ1) is 18.1. The smallest absolute Gasteiger partial charge is 0.313 e. The molecule has 6 nitrogen and oxygen atoms in total. The first-order valence-electron chi connectivity index (χ1n) is 15.6. The highest BCUT2D eigenvalue weighted by Gasteiger charge is 2.59. The van der Waals surface area contributed by atoms with Crippen molar-refractivity contribution in [2.75, 3.05) is 33.7 Å². The maximum Gasteiger partial charge on any atom is 0.313 e. The van der Waals surface area contributed by atoms with Crippen molar-refractivity contribution >= 4 is 12.0 Å². The first kappa shape index (κ1) is 29.6. The summed E-state index contributed by atoms with van der Waals surface area (Å²) in [6.07, 6.45) is 14.2. The third-order valence-electron chi connectivity index (χ3n) is 11.2. The summed E-state index contributed by atoms with van der Waals surface area (Å²) in [5, 5.41) is 13.4. The van der Waals surface area contributed by atoms with Crippen molar-refractivity contribution in [1.29, 1.82) is 0 Å². The lowest BCUT2D eigenvalue weighted by Gasteiger charge is -2.58. The van der Waals surface area contributed by atoms with Crippen LogP contribution in [0.2, 0.25) is 0 Å². The maximum absolute atomic E-state index is 12.8. The van der Waals surface area contributed by atoms with Crippen molar-refractivity contribution in [2.24, 2.45) is 45.4 Å². The van der Waals surface area contributed by atoms with Crippen molar-refractivity contribution in [3.8, 4) is 0 Å². The Labute approximate surface area is 232 Å². The largest absolute Gasteiger partial charge is 0.393 e. The summed E-state index contributed by atoms with van der Waals surface area (Å²) in [6, 6.07) is 0.378. The predicted octanol–water partition coefficient (Wildman–Crippen LogP) is 5.80. The first-order valence-corrected chi connectivity index (χ1v) is 15.6. The van der Waals surface area contributed by atoms with Gasteiger partial charge in [-0.25, -0.2) is 4.99 Å². The fourth-order valence-corrected chi connectivity index (χ4v) is 9.17. The van der Waals surface area contributed by atoms with E-state index < -0.39 is 0 Å². The van der Waals surface area contributed by atoms with Gasteiger partial charge in [-0.05, 0) is 132 Å². The van der Waals surface area contributed by atoms with Crippen LogP contribution in [0.15, 0.2) is 16.6 Å². The lowest BCUT2D eigenvalue weighted by molar-refractivity contribution is -0.136. The Bertz CT molecular complexity index is 885. The minimum absolute atomic E-state index is 0.133. The molecule has 2 N–H and O–H groups in total. The third kappa shape index (κ3) is 6.16. The molecule has 4 aliphatic rings. The molecular formula is C32H55N3O3. The highest BCUT2D eigenvalue weighted by Crippen LogP contribution is 2.67. The van der Waals surface area contributed by atoms with E-state index in [-0.39, 0.29) is 12.1 Å². The number of hydrogen-bond donors (Lipinski definition) is 2. The minimum Gasteiger partial charge on any atom is -0.393 e.